The van der Waals surface area contributed by atoms with E-state index in [1.165, 1.54) is 17.7 Å². The van der Waals surface area contributed by atoms with Gasteiger partial charge in [-0.25, -0.2) is 0 Å². The van der Waals surface area contributed by atoms with E-state index in [-0.39, 0.29) is 6.10 Å². The van der Waals surface area contributed by atoms with Crippen molar-refractivity contribution in [1.82, 2.24) is 5.32 Å². The molecule has 0 amide bonds. The molecule has 0 saturated heterocycles. The first kappa shape index (κ1) is 15.4. The number of thioether (sulfide) groups is 1. The SMILES string of the molecule is CCC(CC)NCC(C)Oc1ccccc1SC. The molecule has 0 aliphatic carbocycles. The standard InChI is InChI=1S/C15H25NOS/c1-5-13(6-2)16-11-12(3)17-14-9-7-8-10-15(14)18-4/h7-10,12-13,16H,5-6,11H2,1-4H3. The average Bonchev–Trinajstić information content (AvgIpc) is 2.40. The molecule has 1 N–H and O–H groups in total. The van der Waals surface area contributed by atoms with Crippen LogP contribution in [0.1, 0.15) is 33.6 Å². The van der Waals surface area contributed by atoms with Crippen LogP contribution in [0.3, 0.4) is 0 Å². The molecule has 18 heavy (non-hydrogen) atoms. The maximum atomic E-state index is 5.99. The van der Waals surface area contributed by atoms with Gasteiger partial charge in [0.1, 0.15) is 11.9 Å². The summed E-state index contributed by atoms with van der Waals surface area (Å²) in [6.07, 6.45) is 4.61. The lowest BCUT2D eigenvalue weighted by atomic mass is 10.1. The van der Waals surface area contributed by atoms with Crippen molar-refractivity contribution in [3.05, 3.63) is 24.3 Å². The van der Waals surface area contributed by atoms with Crippen molar-refractivity contribution in [3.63, 3.8) is 0 Å². The summed E-state index contributed by atoms with van der Waals surface area (Å²) >= 11 is 1.73. The zero-order chi connectivity index (χ0) is 13.4. The fourth-order valence-corrected chi connectivity index (χ4v) is 2.42. The second-order valence-electron chi connectivity index (χ2n) is 4.50. The third kappa shape index (κ3) is 4.91. The Morgan fingerprint density at radius 3 is 2.50 bits per heavy atom. The lowest BCUT2D eigenvalue weighted by molar-refractivity contribution is 0.205. The first-order valence-corrected chi connectivity index (χ1v) is 7.96. The summed E-state index contributed by atoms with van der Waals surface area (Å²) in [6.45, 7) is 7.45. The van der Waals surface area contributed by atoms with Gasteiger partial charge < -0.3 is 10.1 Å². The fraction of sp³-hybridized carbons (Fsp3) is 0.600. The first-order chi connectivity index (χ1) is 8.71. The molecule has 0 bridgehead atoms. The normalized spacial score (nSPS) is 12.7. The van der Waals surface area contributed by atoms with Gasteiger partial charge in [0.25, 0.3) is 0 Å². The number of hydrogen-bond donors (Lipinski definition) is 1. The molecule has 1 aromatic rings. The summed E-state index contributed by atoms with van der Waals surface area (Å²) in [5.74, 6) is 0.990. The summed E-state index contributed by atoms with van der Waals surface area (Å²) in [7, 11) is 0. The van der Waals surface area contributed by atoms with Crippen LogP contribution >= 0.6 is 11.8 Å². The van der Waals surface area contributed by atoms with Gasteiger partial charge >= 0.3 is 0 Å². The van der Waals surface area contributed by atoms with Crippen LogP contribution in [0.15, 0.2) is 29.2 Å². The second kappa shape index (κ2) is 8.44. The van der Waals surface area contributed by atoms with E-state index in [4.69, 9.17) is 4.74 Å². The van der Waals surface area contributed by atoms with E-state index in [0.717, 1.165) is 12.3 Å². The van der Waals surface area contributed by atoms with Crippen LogP contribution in [-0.2, 0) is 0 Å². The Bertz CT molecular complexity index is 339. The number of para-hydroxylation sites is 1. The first-order valence-electron chi connectivity index (χ1n) is 6.74. The van der Waals surface area contributed by atoms with Gasteiger partial charge in [-0.1, -0.05) is 26.0 Å². The van der Waals surface area contributed by atoms with Crippen LogP contribution in [0.5, 0.6) is 5.75 Å². The number of rotatable bonds is 8. The smallest absolute Gasteiger partial charge is 0.133 e. The molecule has 1 atom stereocenters. The van der Waals surface area contributed by atoms with Gasteiger partial charge in [0.05, 0.1) is 0 Å². The predicted molar refractivity (Wildman–Crippen MR) is 80.7 cm³/mol. The van der Waals surface area contributed by atoms with Gasteiger partial charge in [0, 0.05) is 17.5 Å². The van der Waals surface area contributed by atoms with Crippen molar-refractivity contribution >= 4 is 11.8 Å². The van der Waals surface area contributed by atoms with Crippen molar-refractivity contribution in [2.75, 3.05) is 12.8 Å². The van der Waals surface area contributed by atoms with Crippen LogP contribution in [0.25, 0.3) is 0 Å². The Labute approximate surface area is 116 Å². The Kier molecular flexibility index (Phi) is 7.21. The zero-order valence-electron chi connectivity index (χ0n) is 11.9. The van der Waals surface area contributed by atoms with Crippen LogP contribution < -0.4 is 10.1 Å². The van der Waals surface area contributed by atoms with Crippen molar-refractivity contribution in [2.24, 2.45) is 0 Å². The molecular weight excluding hydrogens is 242 g/mol. The van der Waals surface area contributed by atoms with E-state index in [9.17, 15) is 0 Å². The molecule has 0 aliphatic heterocycles. The summed E-state index contributed by atoms with van der Waals surface area (Å²) in [4.78, 5) is 1.20. The highest BCUT2D eigenvalue weighted by Gasteiger charge is 2.09. The van der Waals surface area contributed by atoms with Crippen molar-refractivity contribution in [1.29, 1.82) is 0 Å². The summed E-state index contributed by atoms with van der Waals surface area (Å²) in [6, 6.07) is 8.81. The van der Waals surface area contributed by atoms with Gasteiger partial charge in [-0.15, -0.1) is 11.8 Å². The van der Waals surface area contributed by atoms with E-state index in [2.05, 4.69) is 38.4 Å². The zero-order valence-corrected chi connectivity index (χ0v) is 12.7. The molecule has 3 heteroatoms. The minimum Gasteiger partial charge on any atom is -0.488 e. The van der Waals surface area contributed by atoms with Gasteiger partial charge in [-0.3, -0.25) is 0 Å². The third-order valence-corrected chi connectivity index (χ3v) is 3.85. The van der Waals surface area contributed by atoms with Gasteiger partial charge in [-0.2, -0.15) is 0 Å². The van der Waals surface area contributed by atoms with E-state index in [1.54, 1.807) is 11.8 Å². The van der Waals surface area contributed by atoms with Crippen LogP contribution in [0.4, 0.5) is 0 Å². The lowest BCUT2D eigenvalue weighted by Crippen LogP contribution is -2.36. The number of nitrogens with one attached hydrogen (secondary N) is 1. The van der Waals surface area contributed by atoms with Crippen molar-refractivity contribution in [2.45, 2.75) is 50.7 Å². The Morgan fingerprint density at radius 1 is 1.22 bits per heavy atom. The molecule has 1 aromatic carbocycles. The highest BCUT2D eigenvalue weighted by atomic mass is 32.2. The summed E-state index contributed by atoms with van der Waals surface area (Å²) in [5.41, 5.74) is 0. The van der Waals surface area contributed by atoms with Gasteiger partial charge in [0.2, 0.25) is 0 Å². The number of benzene rings is 1. The molecule has 0 radical (unpaired) electrons. The van der Waals surface area contributed by atoms with E-state index in [1.807, 2.05) is 18.2 Å². The molecule has 1 rings (SSSR count). The van der Waals surface area contributed by atoms with Gasteiger partial charge in [-0.05, 0) is 38.2 Å². The second-order valence-corrected chi connectivity index (χ2v) is 5.35. The quantitative estimate of drug-likeness (QED) is 0.721. The molecule has 2 nitrogen and oxygen atoms in total. The van der Waals surface area contributed by atoms with Crippen LogP contribution in [0.2, 0.25) is 0 Å². The minimum absolute atomic E-state index is 0.193. The van der Waals surface area contributed by atoms with E-state index in [0.29, 0.717) is 6.04 Å². The maximum Gasteiger partial charge on any atom is 0.133 e. The van der Waals surface area contributed by atoms with Gasteiger partial charge in [0.15, 0.2) is 0 Å². The van der Waals surface area contributed by atoms with E-state index < -0.39 is 0 Å². The van der Waals surface area contributed by atoms with Crippen LogP contribution in [0, 0.1) is 0 Å². The Morgan fingerprint density at radius 2 is 1.89 bits per heavy atom. The number of ether oxygens (including phenoxy) is 1. The molecule has 0 aliphatic rings. The molecular formula is C15H25NOS. The highest BCUT2D eigenvalue weighted by molar-refractivity contribution is 7.98. The van der Waals surface area contributed by atoms with E-state index >= 15 is 0 Å². The molecule has 102 valence electrons. The van der Waals surface area contributed by atoms with Crippen molar-refractivity contribution < 1.29 is 4.74 Å². The average molecular weight is 267 g/mol. The molecule has 0 saturated carbocycles. The summed E-state index contributed by atoms with van der Waals surface area (Å²) in [5, 5.41) is 3.54. The third-order valence-electron chi connectivity index (χ3n) is 3.08. The largest absolute Gasteiger partial charge is 0.488 e. The highest BCUT2D eigenvalue weighted by Crippen LogP contribution is 2.27. The maximum absolute atomic E-state index is 5.99. The lowest BCUT2D eigenvalue weighted by Gasteiger charge is -2.20. The molecule has 0 heterocycles. The molecule has 0 spiro atoms. The number of hydrogen-bond acceptors (Lipinski definition) is 3. The monoisotopic (exact) mass is 267 g/mol. The topological polar surface area (TPSA) is 21.3 Å². The minimum atomic E-state index is 0.193. The summed E-state index contributed by atoms with van der Waals surface area (Å²) < 4.78 is 5.99. The molecule has 0 fully saturated rings. The Hall–Kier alpha value is -0.670. The fourth-order valence-electron chi connectivity index (χ4n) is 1.88. The molecule has 0 aromatic heterocycles. The molecule has 1 unspecified atom stereocenters. The predicted octanol–water partition coefficient (Wildman–Crippen LogP) is 3.95. The van der Waals surface area contributed by atoms with Crippen LogP contribution in [-0.4, -0.2) is 24.9 Å². The van der Waals surface area contributed by atoms with Crippen molar-refractivity contribution in [3.8, 4) is 5.75 Å². The Balaban J connectivity index is 2.46.